The van der Waals surface area contributed by atoms with E-state index in [0.29, 0.717) is 33.8 Å². The number of morpholine rings is 1. The minimum absolute atomic E-state index is 0.106. The monoisotopic (exact) mass is 468 g/mol. The van der Waals surface area contributed by atoms with E-state index in [4.69, 9.17) is 25.5 Å². The number of carbonyl (C=O) groups is 1. The van der Waals surface area contributed by atoms with Crippen LogP contribution in [0.2, 0.25) is 5.02 Å². The maximum absolute atomic E-state index is 13.6. The first-order valence-corrected chi connectivity index (χ1v) is 11.5. The number of benzene rings is 2. The summed E-state index contributed by atoms with van der Waals surface area (Å²) in [6.07, 6.45) is 0.778. The summed E-state index contributed by atoms with van der Waals surface area (Å²) in [6, 6.07) is 11.8. The number of fused-ring (bicyclic) bond motifs is 2. The predicted molar refractivity (Wildman–Crippen MR) is 125 cm³/mol. The third kappa shape index (κ3) is 4.12. The lowest BCUT2D eigenvalue weighted by molar-refractivity contribution is 0.0353. The summed E-state index contributed by atoms with van der Waals surface area (Å²) >= 11 is 6.15. The van der Waals surface area contributed by atoms with Gasteiger partial charge in [0.1, 0.15) is 11.3 Å². The molecule has 2 aromatic carbocycles. The molecule has 33 heavy (non-hydrogen) atoms. The van der Waals surface area contributed by atoms with Crippen LogP contribution in [-0.2, 0) is 4.74 Å². The third-order valence-corrected chi connectivity index (χ3v) is 6.55. The van der Waals surface area contributed by atoms with Gasteiger partial charge in [-0.25, -0.2) is 0 Å². The van der Waals surface area contributed by atoms with Gasteiger partial charge < -0.3 is 18.8 Å². The van der Waals surface area contributed by atoms with Gasteiger partial charge in [-0.2, -0.15) is 0 Å². The highest BCUT2D eigenvalue weighted by molar-refractivity contribution is 6.31. The lowest BCUT2D eigenvalue weighted by Gasteiger charge is -2.29. The van der Waals surface area contributed by atoms with Crippen molar-refractivity contribution < 1.29 is 18.7 Å². The second-order valence-electron chi connectivity index (χ2n) is 8.30. The molecule has 3 aromatic rings. The number of halogens is 1. The van der Waals surface area contributed by atoms with E-state index in [-0.39, 0.29) is 17.1 Å². The van der Waals surface area contributed by atoms with Crippen molar-refractivity contribution >= 4 is 28.5 Å². The lowest BCUT2D eigenvalue weighted by Crippen LogP contribution is -2.38. The standard InChI is InChI=1S/C25H25ClN2O5/c1-31-18-5-2-4-16(14-18)22-21-23(29)19-15-17(26)6-7-20(19)33-24(21)25(30)28(22)9-3-8-27-10-12-32-13-11-27/h2,4-7,14-15,22H,3,8-13H2,1H3/t22-/m0/s1. The molecule has 0 saturated carbocycles. The van der Waals surface area contributed by atoms with Crippen LogP contribution >= 0.6 is 11.6 Å². The van der Waals surface area contributed by atoms with Gasteiger partial charge in [0.05, 0.1) is 37.3 Å². The molecule has 7 nitrogen and oxygen atoms in total. The second kappa shape index (κ2) is 9.17. The quantitative estimate of drug-likeness (QED) is 0.549. The van der Waals surface area contributed by atoms with Gasteiger partial charge in [-0.05, 0) is 42.3 Å². The van der Waals surface area contributed by atoms with Gasteiger partial charge in [-0.1, -0.05) is 23.7 Å². The normalized spacial score (nSPS) is 18.7. The predicted octanol–water partition coefficient (Wildman–Crippen LogP) is 3.72. The van der Waals surface area contributed by atoms with Crippen molar-refractivity contribution in [2.24, 2.45) is 0 Å². The average Bonchev–Trinajstić information content (AvgIpc) is 3.12. The van der Waals surface area contributed by atoms with E-state index in [1.54, 1.807) is 30.2 Å². The number of ether oxygens (including phenoxy) is 2. The Morgan fingerprint density at radius 2 is 1.91 bits per heavy atom. The zero-order chi connectivity index (χ0) is 22.9. The van der Waals surface area contributed by atoms with Gasteiger partial charge in [0.2, 0.25) is 5.76 Å². The highest BCUT2D eigenvalue weighted by Crippen LogP contribution is 2.39. The highest BCUT2D eigenvalue weighted by atomic mass is 35.5. The van der Waals surface area contributed by atoms with Crippen molar-refractivity contribution in [3.05, 3.63) is 74.6 Å². The highest BCUT2D eigenvalue weighted by Gasteiger charge is 2.42. The summed E-state index contributed by atoms with van der Waals surface area (Å²) in [6.45, 7) is 4.59. The number of amides is 1. The number of rotatable bonds is 6. The molecule has 172 valence electrons. The van der Waals surface area contributed by atoms with Gasteiger partial charge in [0.15, 0.2) is 5.43 Å². The third-order valence-electron chi connectivity index (χ3n) is 6.31. The Labute approximate surface area is 196 Å². The van der Waals surface area contributed by atoms with E-state index in [1.165, 1.54) is 0 Å². The Bertz CT molecular complexity index is 1250. The first-order valence-electron chi connectivity index (χ1n) is 11.1. The number of hydrogen-bond acceptors (Lipinski definition) is 6. The van der Waals surface area contributed by atoms with Crippen LogP contribution in [0, 0.1) is 0 Å². The van der Waals surface area contributed by atoms with E-state index in [1.807, 2.05) is 24.3 Å². The van der Waals surface area contributed by atoms with E-state index < -0.39 is 6.04 Å². The van der Waals surface area contributed by atoms with Crippen molar-refractivity contribution in [3.8, 4) is 5.75 Å². The fraction of sp³-hybridized carbons (Fsp3) is 0.360. The van der Waals surface area contributed by atoms with Crippen LogP contribution in [0.3, 0.4) is 0 Å². The number of methoxy groups -OCH3 is 1. The zero-order valence-electron chi connectivity index (χ0n) is 18.4. The molecular formula is C25H25ClN2O5. The Morgan fingerprint density at radius 1 is 1.09 bits per heavy atom. The molecule has 1 aromatic heterocycles. The first kappa shape index (κ1) is 21.9. The van der Waals surface area contributed by atoms with Crippen LogP contribution < -0.4 is 10.2 Å². The van der Waals surface area contributed by atoms with Crippen LogP contribution in [0.25, 0.3) is 11.0 Å². The zero-order valence-corrected chi connectivity index (χ0v) is 19.1. The van der Waals surface area contributed by atoms with Crippen molar-refractivity contribution in [2.75, 3.05) is 46.5 Å². The van der Waals surface area contributed by atoms with Crippen molar-refractivity contribution in [3.63, 3.8) is 0 Å². The minimum Gasteiger partial charge on any atom is -0.497 e. The number of hydrogen-bond donors (Lipinski definition) is 0. The summed E-state index contributed by atoms with van der Waals surface area (Å²) in [4.78, 5) is 31.1. The van der Waals surface area contributed by atoms with Crippen molar-refractivity contribution in [2.45, 2.75) is 12.5 Å². The summed E-state index contributed by atoms with van der Waals surface area (Å²) in [5.74, 6) is 0.498. The van der Waals surface area contributed by atoms with Gasteiger partial charge in [0, 0.05) is 31.2 Å². The van der Waals surface area contributed by atoms with Crippen LogP contribution in [0.1, 0.15) is 34.1 Å². The molecular weight excluding hydrogens is 444 g/mol. The maximum atomic E-state index is 13.6. The molecule has 8 heteroatoms. The van der Waals surface area contributed by atoms with Gasteiger partial charge in [-0.3, -0.25) is 14.5 Å². The first-order chi connectivity index (χ1) is 16.1. The fourth-order valence-corrected chi connectivity index (χ4v) is 4.84. The van der Waals surface area contributed by atoms with E-state index in [0.717, 1.165) is 44.8 Å². The molecule has 1 saturated heterocycles. The van der Waals surface area contributed by atoms with E-state index >= 15 is 0 Å². The molecule has 0 unspecified atom stereocenters. The molecule has 1 atom stereocenters. The molecule has 0 bridgehead atoms. The average molecular weight is 469 g/mol. The SMILES string of the molecule is COc1cccc([C@H]2c3c(oc4ccc(Cl)cc4c3=O)C(=O)N2CCCN2CCOCC2)c1. The van der Waals surface area contributed by atoms with Crippen LogP contribution in [-0.4, -0.2) is 62.2 Å². The lowest BCUT2D eigenvalue weighted by atomic mass is 9.98. The minimum atomic E-state index is -0.549. The molecule has 0 aliphatic carbocycles. The molecule has 1 fully saturated rings. The van der Waals surface area contributed by atoms with Crippen molar-refractivity contribution in [1.82, 2.24) is 9.80 Å². The fourth-order valence-electron chi connectivity index (χ4n) is 4.67. The molecule has 2 aliphatic heterocycles. The number of carbonyl (C=O) groups excluding carboxylic acids is 1. The summed E-state index contributed by atoms with van der Waals surface area (Å²) in [7, 11) is 1.59. The summed E-state index contributed by atoms with van der Waals surface area (Å²) in [5.41, 5.74) is 1.29. The molecule has 0 radical (unpaired) electrons. The van der Waals surface area contributed by atoms with Gasteiger partial charge in [-0.15, -0.1) is 0 Å². The Kier molecular flexibility index (Phi) is 6.10. The Balaban J connectivity index is 1.55. The Morgan fingerprint density at radius 3 is 2.70 bits per heavy atom. The molecule has 5 rings (SSSR count). The van der Waals surface area contributed by atoms with E-state index in [2.05, 4.69) is 4.90 Å². The molecule has 2 aliphatic rings. The number of nitrogens with zero attached hydrogens (tertiary/aromatic N) is 2. The summed E-state index contributed by atoms with van der Waals surface area (Å²) in [5, 5.41) is 0.816. The second-order valence-corrected chi connectivity index (χ2v) is 8.74. The molecule has 0 spiro atoms. The Hall–Kier alpha value is -2.87. The van der Waals surface area contributed by atoms with Gasteiger partial charge in [0.25, 0.3) is 5.91 Å². The van der Waals surface area contributed by atoms with Crippen LogP contribution in [0.15, 0.2) is 51.7 Å². The van der Waals surface area contributed by atoms with Crippen LogP contribution in [0.5, 0.6) is 5.75 Å². The maximum Gasteiger partial charge on any atom is 0.290 e. The smallest absolute Gasteiger partial charge is 0.290 e. The molecule has 1 amide bonds. The van der Waals surface area contributed by atoms with E-state index in [9.17, 15) is 9.59 Å². The molecule has 0 N–H and O–H groups in total. The summed E-state index contributed by atoms with van der Waals surface area (Å²) < 4.78 is 16.8. The van der Waals surface area contributed by atoms with Crippen LogP contribution in [0.4, 0.5) is 0 Å². The topological polar surface area (TPSA) is 72.2 Å². The molecule has 3 heterocycles. The van der Waals surface area contributed by atoms with Crippen molar-refractivity contribution in [1.29, 1.82) is 0 Å². The largest absolute Gasteiger partial charge is 0.497 e. The van der Waals surface area contributed by atoms with Gasteiger partial charge >= 0.3 is 0 Å².